The highest BCUT2D eigenvalue weighted by molar-refractivity contribution is 7.90. The summed E-state index contributed by atoms with van der Waals surface area (Å²) >= 11 is 0. The van der Waals surface area contributed by atoms with Crippen LogP contribution in [0.15, 0.2) is 72.9 Å². The zero-order chi connectivity index (χ0) is 36.7. The number of anilines is 1. The molecule has 2 aliphatic rings. The van der Waals surface area contributed by atoms with E-state index in [0.717, 1.165) is 28.4 Å². The molecule has 1 aliphatic carbocycles. The number of rotatable bonds is 17. The van der Waals surface area contributed by atoms with E-state index in [4.69, 9.17) is 10.8 Å². The molecule has 4 N–H and O–H groups in total. The third-order valence-corrected chi connectivity index (χ3v) is 11.5. The van der Waals surface area contributed by atoms with E-state index >= 15 is 0 Å². The lowest BCUT2D eigenvalue weighted by atomic mass is 9.83. The number of nitrogens with zero attached hydrogens (tertiary/aromatic N) is 2. The molecule has 4 atom stereocenters. The first kappa shape index (κ1) is 37.7. The molecule has 3 aromatic rings. The van der Waals surface area contributed by atoms with Crippen molar-refractivity contribution >= 4 is 44.8 Å². The number of pyridine rings is 1. The number of aromatic nitrogens is 1. The molecule has 12 heteroatoms. The first-order valence-electron chi connectivity index (χ1n) is 17.7. The lowest BCUT2D eigenvalue weighted by Gasteiger charge is -2.29. The van der Waals surface area contributed by atoms with Gasteiger partial charge in [-0.05, 0) is 79.8 Å². The van der Waals surface area contributed by atoms with Gasteiger partial charge in [-0.1, -0.05) is 57.2 Å². The van der Waals surface area contributed by atoms with Gasteiger partial charge in [0, 0.05) is 72.5 Å². The van der Waals surface area contributed by atoms with E-state index in [1.165, 1.54) is 18.2 Å². The minimum absolute atomic E-state index is 0.00967. The molecule has 0 bridgehead atoms. The Hall–Kier alpha value is -4.55. The van der Waals surface area contributed by atoms with Crippen LogP contribution < -0.4 is 14.3 Å². The summed E-state index contributed by atoms with van der Waals surface area (Å²) in [6, 6.07) is 18.6. The number of benzene rings is 2. The Labute approximate surface area is 300 Å². The maximum absolute atomic E-state index is 14.1. The van der Waals surface area contributed by atoms with Crippen LogP contribution in [0.2, 0.25) is 0 Å². The van der Waals surface area contributed by atoms with E-state index < -0.39 is 33.9 Å². The number of Topliss-reactive ketones (excluding diaryl/α,β-unsaturated/α-hetero) is 2. The van der Waals surface area contributed by atoms with E-state index in [0.29, 0.717) is 37.3 Å². The van der Waals surface area contributed by atoms with Crippen LogP contribution in [0.25, 0.3) is 0 Å². The van der Waals surface area contributed by atoms with Gasteiger partial charge in [0.05, 0.1) is 11.4 Å². The molecule has 1 aromatic heterocycles. The van der Waals surface area contributed by atoms with Gasteiger partial charge in [0.1, 0.15) is 5.78 Å². The maximum Gasteiger partial charge on any atom is 0.301 e. The molecule has 1 amide bonds. The number of hydrogen-bond donors (Lipinski definition) is 4. The zero-order valence-corrected chi connectivity index (χ0v) is 30.3. The molecule has 2 heterocycles. The third kappa shape index (κ3) is 10.0. The van der Waals surface area contributed by atoms with Crippen LogP contribution in [-0.4, -0.2) is 61.4 Å². The van der Waals surface area contributed by atoms with Crippen LogP contribution in [0.4, 0.5) is 5.69 Å². The van der Waals surface area contributed by atoms with E-state index in [1.807, 2.05) is 56.3 Å². The normalized spacial score (nSPS) is 17.8. The average Bonchev–Trinajstić information content (AvgIpc) is 3.94. The summed E-state index contributed by atoms with van der Waals surface area (Å²) in [5.41, 5.74) is 2.09. The molecule has 0 radical (unpaired) electrons. The van der Waals surface area contributed by atoms with Crippen LogP contribution in [0.5, 0.6) is 0 Å². The zero-order valence-electron chi connectivity index (χ0n) is 29.5. The highest BCUT2D eigenvalue weighted by Crippen LogP contribution is 2.33. The minimum atomic E-state index is -3.92. The molecule has 51 heavy (non-hydrogen) atoms. The van der Waals surface area contributed by atoms with Gasteiger partial charge < -0.3 is 16.1 Å². The third-order valence-electron chi connectivity index (χ3n) is 9.97. The van der Waals surface area contributed by atoms with Crippen LogP contribution in [0.3, 0.4) is 0 Å². The van der Waals surface area contributed by atoms with Crippen molar-refractivity contribution in [1.29, 1.82) is 10.8 Å². The van der Waals surface area contributed by atoms with Gasteiger partial charge >= 0.3 is 10.2 Å². The molecule has 1 saturated heterocycles. The predicted molar refractivity (Wildman–Crippen MR) is 199 cm³/mol. The molecule has 1 unspecified atom stereocenters. The average molecular weight is 713 g/mol. The number of ketones is 2. The Kier molecular flexibility index (Phi) is 12.3. The van der Waals surface area contributed by atoms with Crippen molar-refractivity contribution in [3.63, 3.8) is 0 Å². The molecular weight excluding hydrogens is 665 g/mol. The Bertz CT molecular complexity index is 1860. The van der Waals surface area contributed by atoms with E-state index in [2.05, 4.69) is 15.0 Å². The van der Waals surface area contributed by atoms with Crippen molar-refractivity contribution in [2.45, 2.75) is 77.7 Å². The number of carbonyl (C=O) groups excluding carboxylic acids is 3. The maximum atomic E-state index is 14.1. The smallest absolute Gasteiger partial charge is 0.301 e. The summed E-state index contributed by atoms with van der Waals surface area (Å²) in [6.07, 6.45) is 6.08. The van der Waals surface area contributed by atoms with Gasteiger partial charge in [-0.15, -0.1) is 0 Å². The SMILES string of the molecule is CC(C[C@H](Cc1ccccn1)NC(=O)c1cc(C(=O)C(=N)[C@H](C)c2ccccc2)cc(N2CCCNS2(=O)=O)c1)[C@@H](C)C(=O)CC(=N)CC1CC1. The van der Waals surface area contributed by atoms with Crippen LogP contribution in [-0.2, 0) is 21.4 Å². The molecule has 270 valence electrons. The van der Waals surface area contributed by atoms with Gasteiger partial charge in [0.25, 0.3) is 5.91 Å². The number of carbonyl (C=O) groups is 3. The summed E-state index contributed by atoms with van der Waals surface area (Å²) in [5, 5.41) is 20.2. The Morgan fingerprint density at radius 2 is 1.69 bits per heavy atom. The molecule has 1 aliphatic heterocycles. The second-order valence-electron chi connectivity index (χ2n) is 14.1. The largest absolute Gasteiger partial charge is 0.349 e. The number of hydrogen-bond acceptors (Lipinski definition) is 8. The van der Waals surface area contributed by atoms with Gasteiger partial charge in [-0.25, -0.2) is 0 Å². The second kappa shape index (κ2) is 16.6. The van der Waals surface area contributed by atoms with Crippen molar-refractivity contribution in [3.05, 3.63) is 95.3 Å². The summed E-state index contributed by atoms with van der Waals surface area (Å²) in [4.78, 5) is 45.5. The Morgan fingerprint density at radius 3 is 2.35 bits per heavy atom. The van der Waals surface area contributed by atoms with Crippen molar-refractivity contribution in [1.82, 2.24) is 15.0 Å². The lowest BCUT2D eigenvalue weighted by Crippen LogP contribution is -2.47. The van der Waals surface area contributed by atoms with E-state index in [9.17, 15) is 22.8 Å². The second-order valence-corrected chi connectivity index (χ2v) is 15.7. The molecule has 1 saturated carbocycles. The highest BCUT2D eigenvalue weighted by atomic mass is 32.2. The first-order chi connectivity index (χ1) is 24.3. The summed E-state index contributed by atoms with van der Waals surface area (Å²) < 4.78 is 29.8. The molecular formula is C39H48N6O5S. The monoisotopic (exact) mass is 712 g/mol. The quantitative estimate of drug-likeness (QED) is 0.1000. The number of amides is 1. The Balaban J connectivity index is 1.41. The molecule has 2 fully saturated rings. The van der Waals surface area contributed by atoms with E-state index in [1.54, 1.807) is 19.2 Å². The topological polar surface area (TPSA) is 173 Å². The predicted octanol–water partition coefficient (Wildman–Crippen LogP) is 5.91. The molecule has 2 aromatic carbocycles. The fourth-order valence-corrected chi connectivity index (χ4v) is 7.80. The highest BCUT2D eigenvalue weighted by Gasteiger charge is 2.31. The van der Waals surface area contributed by atoms with Gasteiger partial charge in [-0.2, -0.15) is 13.1 Å². The van der Waals surface area contributed by atoms with E-state index in [-0.39, 0.29) is 59.7 Å². The molecule has 5 rings (SSSR count). The Morgan fingerprint density at radius 1 is 0.980 bits per heavy atom. The van der Waals surface area contributed by atoms with Gasteiger partial charge in [-0.3, -0.25) is 23.7 Å². The van der Waals surface area contributed by atoms with Crippen molar-refractivity contribution in [3.8, 4) is 0 Å². The first-order valence-corrected chi connectivity index (χ1v) is 19.2. The summed E-state index contributed by atoms with van der Waals surface area (Å²) in [6.45, 7) is 6.04. The fraction of sp³-hybridized carbons (Fsp3) is 0.436. The van der Waals surface area contributed by atoms with Crippen molar-refractivity contribution < 1.29 is 22.8 Å². The summed E-state index contributed by atoms with van der Waals surface area (Å²) in [7, 11) is -3.92. The number of nitrogens with one attached hydrogen (secondary N) is 4. The van der Waals surface area contributed by atoms with Crippen LogP contribution in [0, 0.1) is 28.6 Å². The van der Waals surface area contributed by atoms with Crippen LogP contribution >= 0.6 is 0 Å². The molecule has 0 spiro atoms. The standard InChI is InChI=1S/C39H48N6O5S/c1-25(26(2)36(46)23-32(40)19-28-13-14-28)18-34(24-33-12-7-8-15-42-33)44-39(48)31-20-30(21-35(22-31)45-17-9-16-43-51(45,49)50)38(47)37(41)27(3)29-10-5-4-6-11-29/h4-8,10-12,15,20-22,25-28,34,40-41,43H,9,13-14,16-19,23-24H2,1-3H3,(H,44,48)/t25?,26-,27-,34-/m1/s1. The molecule has 11 nitrogen and oxygen atoms in total. The summed E-state index contributed by atoms with van der Waals surface area (Å²) in [5.74, 6) is -1.59. The lowest BCUT2D eigenvalue weighted by molar-refractivity contribution is -0.122. The minimum Gasteiger partial charge on any atom is -0.349 e. The van der Waals surface area contributed by atoms with Crippen LogP contribution in [0.1, 0.15) is 97.2 Å². The van der Waals surface area contributed by atoms with Gasteiger partial charge in [0.15, 0.2) is 0 Å². The van der Waals surface area contributed by atoms with Gasteiger partial charge in [0.2, 0.25) is 5.78 Å². The van der Waals surface area contributed by atoms with Crippen molar-refractivity contribution in [2.24, 2.45) is 17.8 Å². The van der Waals surface area contributed by atoms with Crippen molar-refractivity contribution in [2.75, 3.05) is 17.4 Å². The fourth-order valence-electron chi connectivity index (χ4n) is 6.49.